The lowest BCUT2D eigenvalue weighted by atomic mass is 9.89. The summed E-state index contributed by atoms with van der Waals surface area (Å²) in [6, 6.07) is 15.7. The van der Waals surface area contributed by atoms with Gasteiger partial charge in [-0.05, 0) is 91.2 Å². The smallest absolute Gasteiger partial charge is 0.123 e. The highest BCUT2D eigenvalue weighted by Crippen LogP contribution is 2.32. The minimum absolute atomic E-state index is 0.214. The Hall–Kier alpha value is -2.37. The van der Waals surface area contributed by atoms with Crippen molar-refractivity contribution in [2.75, 3.05) is 32.2 Å². The Balaban J connectivity index is 1.83. The first-order chi connectivity index (χ1) is 16.4. The topological polar surface area (TPSA) is 28.2 Å². The molecule has 0 amide bonds. The summed E-state index contributed by atoms with van der Waals surface area (Å²) < 4.78 is 13.6. The molecule has 2 aromatic carbocycles. The van der Waals surface area contributed by atoms with Gasteiger partial charge < -0.3 is 10.2 Å². The maximum Gasteiger partial charge on any atom is 0.123 e. The lowest BCUT2D eigenvalue weighted by Gasteiger charge is -2.21. The quantitative estimate of drug-likeness (QED) is 0.290. The molecule has 0 aliphatic rings. The zero-order valence-electron chi connectivity index (χ0n) is 21.4. The van der Waals surface area contributed by atoms with Gasteiger partial charge in [-0.2, -0.15) is 0 Å². The van der Waals surface area contributed by atoms with E-state index < -0.39 is 0 Å². The number of aromatic nitrogens is 1. The van der Waals surface area contributed by atoms with Crippen molar-refractivity contribution in [1.29, 1.82) is 0 Å². The van der Waals surface area contributed by atoms with E-state index >= 15 is 0 Å². The van der Waals surface area contributed by atoms with E-state index in [9.17, 15) is 4.39 Å². The second kappa shape index (κ2) is 12.4. The number of thioether (sulfide) groups is 1. The normalized spacial score (nSPS) is 12.2. The van der Waals surface area contributed by atoms with Gasteiger partial charge in [0.1, 0.15) is 5.82 Å². The van der Waals surface area contributed by atoms with E-state index in [0.29, 0.717) is 5.92 Å². The van der Waals surface area contributed by atoms with Crippen LogP contribution in [0.3, 0.4) is 0 Å². The Morgan fingerprint density at radius 1 is 1.09 bits per heavy atom. The summed E-state index contributed by atoms with van der Waals surface area (Å²) in [5.74, 6) is 0.249. The van der Waals surface area contributed by atoms with Crippen LogP contribution < -0.4 is 5.32 Å². The van der Waals surface area contributed by atoms with Crippen molar-refractivity contribution in [3.8, 4) is 11.3 Å². The molecule has 0 radical (unpaired) electrons. The predicted octanol–water partition coefficient (Wildman–Crippen LogP) is 7.40. The highest BCUT2D eigenvalue weighted by molar-refractivity contribution is 7.98. The van der Waals surface area contributed by atoms with Gasteiger partial charge in [-0.25, -0.2) is 4.39 Å². The molecule has 0 saturated heterocycles. The maximum atomic E-state index is 13.6. The van der Waals surface area contributed by atoms with Crippen molar-refractivity contribution < 1.29 is 4.39 Å². The Bertz CT molecular complexity index is 1080. The van der Waals surface area contributed by atoms with Gasteiger partial charge >= 0.3 is 0 Å². The molecule has 1 unspecified atom stereocenters. The van der Waals surface area contributed by atoms with Gasteiger partial charge in [0, 0.05) is 48.4 Å². The van der Waals surface area contributed by atoms with Crippen LogP contribution in [-0.2, 0) is 19.4 Å². The SMILES string of the molecule is CCc1c(C(C)CC)cc(CCN(C)Cc2ccc(NC)c(SC)c2)nc1-c1ccc(F)cc1. The average molecular weight is 480 g/mol. The third-order valence-electron chi connectivity index (χ3n) is 6.56. The van der Waals surface area contributed by atoms with Crippen LogP contribution in [-0.4, -0.2) is 36.8 Å². The van der Waals surface area contributed by atoms with Gasteiger partial charge in [0.2, 0.25) is 0 Å². The molecule has 3 nitrogen and oxygen atoms in total. The Morgan fingerprint density at radius 2 is 1.82 bits per heavy atom. The minimum Gasteiger partial charge on any atom is -0.387 e. The summed E-state index contributed by atoms with van der Waals surface area (Å²) in [5.41, 5.74) is 8.25. The van der Waals surface area contributed by atoms with E-state index in [1.54, 1.807) is 11.8 Å². The number of rotatable bonds is 11. The Labute approximate surface area is 209 Å². The van der Waals surface area contributed by atoms with Gasteiger partial charge in [-0.15, -0.1) is 11.8 Å². The summed E-state index contributed by atoms with van der Waals surface area (Å²) in [7, 11) is 4.13. The van der Waals surface area contributed by atoms with Crippen LogP contribution in [0.25, 0.3) is 11.3 Å². The molecule has 1 heterocycles. The van der Waals surface area contributed by atoms with Gasteiger partial charge in [-0.1, -0.05) is 26.8 Å². The molecule has 182 valence electrons. The molecule has 34 heavy (non-hydrogen) atoms. The van der Waals surface area contributed by atoms with E-state index in [1.165, 1.54) is 39.4 Å². The first-order valence-corrected chi connectivity index (χ1v) is 13.4. The van der Waals surface area contributed by atoms with Crippen molar-refractivity contribution in [3.05, 3.63) is 76.7 Å². The number of hydrogen-bond acceptors (Lipinski definition) is 4. The number of pyridine rings is 1. The van der Waals surface area contributed by atoms with E-state index in [4.69, 9.17) is 4.98 Å². The molecule has 0 aliphatic heterocycles. The number of benzene rings is 2. The number of nitrogens with one attached hydrogen (secondary N) is 1. The standard InChI is InChI=1S/C29H38FN3S/c1-7-20(3)26-18-24(32-29(25(26)8-2)22-10-12-23(30)13-11-22)15-16-33(5)19-21-9-14-27(31-4)28(17-21)34-6/h9-14,17-18,20,31H,7-8,15-16,19H2,1-6H3. The van der Waals surface area contributed by atoms with Crippen molar-refractivity contribution in [2.45, 2.75) is 57.4 Å². The summed E-state index contributed by atoms with van der Waals surface area (Å²) in [5, 5.41) is 3.26. The second-order valence-corrected chi connectivity index (χ2v) is 9.82. The van der Waals surface area contributed by atoms with Gasteiger partial charge in [0.25, 0.3) is 0 Å². The molecule has 0 saturated carbocycles. The fourth-order valence-corrected chi connectivity index (χ4v) is 5.05. The van der Waals surface area contributed by atoms with Crippen LogP contribution in [0.2, 0.25) is 0 Å². The van der Waals surface area contributed by atoms with E-state index in [-0.39, 0.29) is 5.82 Å². The molecular formula is C29H38FN3S. The zero-order chi connectivity index (χ0) is 24.7. The fraction of sp³-hybridized carbons (Fsp3) is 0.414. The molecule has 1 N–H and O–H groups in total. The molecule has 0 aliphatic carbocycles. The third kappa shape index (κ3) is 6.39. The average Bonchev–Trinajstić information content (AvgIpc) is 2.86. The fourth-order valence-electron chi connectivity index (χ4n) is 4.39. The minimum atomic E-state index is -0.214. The van der Waals surface area contributed by atoms with Gasteiger partial charge in [-0.3, -0.25) is 4.98 Å². The first-order valence-electron chi connectivity index (χ1n) is 12.2. The highest BCUT2D eigenvalue weighted by atomic mass is 32.2. The molecule has 5 heteroatoms. The first kappa shape index (κ1) is 26.2. The molecule has 1 aromatic heterocycles. The molecule has 0 spiro atoms. The van der Waals surface area contributed by atoms with Gasteiger partial charge in [0.15, 0.2) is 0 Å². The molecule has 0 bridgehead atoms. The molecular weight excluding hydrogens is 441 g/mol. The zero-order valence-corrected chi connectivity index (χ0v) is 22.2. The third-order valence-corrected chi connectivity index (χ3v) is 7.34. The van der Waals surface area contributed by atoms with Crippen LogP contribution in [0.4, 0.5) is 10.1 Å². The summed E-state index contributed by atoms with van der Waals surface area (Å²) in [6.45, 7) is 8.53. The number of nitrogens with zero attached hydrogens (tertiary/aromatic N) is 2. The van der Waals surface area contributed by atoms with Crippen LogP contribution in [0.15, 0.2) is 53.4 Å². The maximum absolute atomic E-state index is 13.6. The Kier molecular flexibility index (Phi) is 9.54. The van der Waals surface area contributed by atoms with E-state index in [2.05, 4.69) is 68.6 Å². The van der Waals surface area contributed by atoms with Crippen LogP contribution >= 0.6 is 11.8 Å². The Morgan fingerprint density at radius 3 is 2.44 bits per heavy atom. The van der Waals surface area contributed by atoms with Crippen LogP contribution in [0.1, 0.15) is 55.5 Å². The molecule has 0 fully saturated rings. The van der Waals surface area contributed by atoms with E-state index in [1.807, 2.05) is 19.2 Å². The van der Waals surface area contributed by atoms with Gasteiger partial charge in [0.05, 0.1) is 5.69 Å². The second-order valence-electron chi connectivity index (χ2n) is 8.97. The lowest BCUT2D eigenvalue weighted by Crippen LogP contribution is -2.21. The van der Waals surface area contributed by atoms with Crippen molar-refractivity contribution in [3.63, 3.8) is 0 Å². The number of likely N-dealkylation sites (N-methyl/N-ethyl adjacent to an activating group) is 1. The molecule has 1 atom stereocenters. The molecule has 3 aromatic rings. The summed E-state index contributed by atoms with van der Waals surface area (Å²) >= 11 is 1.77. The summed E-state index contributed by atoms with van der Waals surface area (Å²) in [6.07, 6.45) is 4.99. The van der Waals surface area contributed by atoms with Crippen molar-refractivity contribution in [1.82, 2.24) is 9.88 Å². The van der Waals surface area contributed by atoms with Crippen molar-refractivity contribution >= 4 is 17.4 Å². The van der Waals surface area contributed by atoms with Crippen LogP contribution in [0.5, 0.6) is 0 Å². The lowest BCUT2D eigenvalue weighted by molar-refractivity contribution is 0.330. The molecule has 3 rings (SSSR count). The predicted molar refractivity (Wildman–Crippen MR) is 146 cm³/mol. The number of anilines is 1. The highest BCUT2D eigenvalue weighted by Gasteiger charge is 2.17. The number of halogens is 1. The number of hydrogen-bond donors (Lipinski definition) is 1. The largest absolute Gasteiger partial charge is 0.387 e. The van der Waals surface area contributed by atoms with Crippen molar-refractivity contribution in [2.24, 2.45) is 0 Å². The summed E-state index contributed by atoms with van der Waals surface area (Å²) in [4.78, 5) is 8.72. The van der Waals surface area contributed by atoms with Crippen LogP contribution in [0, 0.1) is 5.82 Å². The monoisotopic (exact) mass is 479 g/mol. The van der Waals surface area contributed by atoms with E-state index in [0.717, 1.165) is 49.3 Å².